The molecule has 0 saturated carbocycles. The number of nitrogens with one attached hydrogen (secondary N) is 1. The molecule has 1 atom stereocenters. The van der Waals surface area contributed by atoms with E-state index >= 15 is 0 Å². The van der Waals surface area contributed by atoms with E-state index in [0.717, 1.165) is 35.3 Å². The molecule has 1 aliphatic rings. The molecule has 1 heterocycles. The number of carbonyl (C=O) groups excluding carboxylic acids is 1. The smallest absolute Gasteiger partial charge is 0.234 e. The fourth-order valence-corrected chi connectivity index (χ4v) is 3.57. The molecule has 4 rings (SSSR count). The first kappa shape index (κ1) is 15.5. The van der Waals surface area contributed by atoms with E-state index in [0.29, 0.717) is 0 Å². The van der Waals surface area contributed by atoms with Gasteiger partial charge in [-0.25, -0.2) is 4.68 Å². The number of tetrazole rings is 1. The summed E-state index contributed by atoms with van der Waals surface area (Å²) in [5.41, 5.74) is 4.44. The Morgan fingerprint density at radius 1 is 1.20 bits per heavy atom. The van der Waals surface area contributed by atoms with Gasteiger partial charge in [0.15, 0.2) is 0 Å². The monoisotopic (exact) mass is 333 g/mol. The van der Waals surface area contributed by atoms with Crippen LogP contribution in [0.5, 0.6) is 0 Å². The van der Waals surface area contributed by atoms with Crippen molar-refractivity contribution in [3.05, 3.63) is 65.5 Å². The molecule has 6 heteroatoms. The Balaban J connectivity index is 1.65. The van der Waals surface area contributed by atoms with E-state index in [1.165, 1.54) is 5.56 Å². The number of nitrogens with zero attached hydrogens (tertiary/aromatic N) is 4. The van der Waals surface area contributed by atoms with Gasteiger partial charge < -0.3 is 5.32 Å². The highest BCUT2D eigenvalue weighted by molar-refractivity contribution is 6.00. The van der Waals surface area contributed by atoms with Gasteiger partial charge in [-0.05, 0) is 65.9 Å². The molecule has 25 heavy (non-hydrogen) atoms. The molecule has 6 nitrogen and oxygen atoms in total. The maximum Gasteiger partial charge on any atom is 0.234 e. The van der Waals surface area contributed by atoms with Crippen molar-refractivity contribution in [1.29, 1.82) is 0 Å². The summed E-state index contributed by atoms with van der Waals surface area (Å²) in [6, 6.07) is 13.9. The largest absolute Gasteiger partial charge is 0.325 e. The predicted octanol–water partition coefficient (Wildman–Crippen LogP) is 2.81. The summed E-state index contributed by atoms with van der Waals surface area (Å²) < 4.78 is 1.59. The third-order valence-corrected chi connectivity index (χ3v) is 5.16. The van der Waals surface area contributed by atoms with E-state index in [-0.39, 0.29) is 5.91 Å². The van der Waals surface area contributed by atoms with Gasteiger partial charge in [-0.2, -0.15) is 0 Å². The molecule has 1 aliphatic carbocycles. The maximum atomic E-state index is 13.1. The summed E-state index contributed by atoms with van der Waals surface area (Å²) in [5.74, 6) is 0.0226. The number of carbonyl (C=O) groups is 1. The van der Waals surface area contributed by atoms with Gasteiger partial charge in [0.2, 0.25) is 5.91 Å². The van der Waals surface area contributed by atoms with E-state index in [2.05, 4.69) is 33.0 Å². The lowest BCUT2D eigenvalue weighted by atomic mass is 9.83. The Hall–Kier alpha value is -3.02. The standard InChI is InChI=1S/C19H19N5O/c1-13-16(8-5-9-17(13)24-12-20-22-23-24)21-18(25)19(2)11-10-14-6-3-4-7-15(14)19/h3-9,12H,10-11H2,1-2H3,(H,21,25). The highest BCUT2D eigenvalue weighted by atomic mass is 16.2. The van der Waals surface area contributed by atoms with Crippen molar-refractivity contribution < 1.29 is 4.79 Å². The second kappa shape index (κ2) is 5.81. The Labute approximate surface area is 145 Å². The van der Waals surface area contributed by atoms with Gasteiger partial charge in [-0.1, -0.05) is 30.3 Å². The molecule has 3 aromatic rings. The number of amides is 1. The van der Waals surface area contributed by atoms with E-state index in [4.69, 9.17) is 0 Å². The molecule has 1 unspecified atom stereocenters. The number of hydrogen-bond acceptors (Lipinski definition) is 4. The van der Waals surface area contributed by atoms with Crippen molar-refractivity contribution in [2.24, 2.45) is 0 Å². The number of anilines is 1. The second-order valence-electron chi connectivity index (χ2n) is 6.65. The first-order chi connectivity index (χ1) is 12.1. The number of benzene rings is 2. The molecule has 1 aromatic heterocycles. The number of rotatable bonds is 3. The van der Waals surface area contributed by atoms with Crippen molar-refractivity contribution in [2.75, 3.05) is 5.32 Å². The topological polar surface area (TPSA) is 72.7 Å². The molecule has 126 valence electrons. The van der Waals surface area contributed by atoms with Gasteiger partial charge >= 0.3 is 0 Å². The normalized spacial score (nSPS) is 18.8. The first-order valence-corrected chi connectivity index (χ1v) is 8.32. The predicted molar refractivity (Wildman–Crippen MR) is 94.6 cm³/mol. The van der Waals surface area contributed by atoms with Crippen LogP contribution in [0.15, 0.2) is 48.8 Å². The zero-order valence-corrected chi connectivity index (χ0v) is 14.2. The molecule has 1 amide bonds. The van der Waals surface area contributed by atoms with Crippen LogP contribution in [0.25, 0.3) is 5.69 Å². The lowest BCUT2D eigenvalue weighted by Gasteiger charge is -2.25. The van der Waals surface area contributed by atoms with Crippen LogP contribution in [-0.4, -0.2) is 26.1 Å². The average Bonchev–Trinajstić information content (AvgIpc) is 3.26. The van der Waals surface area contributed by atoms with Crippen molar-refractivity contribution in [2.45, 2.75) is 32.1 Å². The molecule has 1 N–H and O–H groups in total. The van der Waals surface area contributed by atoms with Crippen LogP contribution in [0.2, 0.25) is 0 Å². The fourth-order valence-electron chi connectivity index (χ4n) is 3.57. The van der Waals surface area contributed by atoms with E-state index in [1.807, 2.05) is 44.2 Å². The van der Waals surface area contributed by atoms with Crippen LogP contribution in [0.1, 0.15) is 30.0 Å². The quantitative estimate of drug-likeness (QED) is 0.800. The number of fused-ring (bicyclic) bond motifs is 1. The van der Waals surface area contributed by atoms with E-state index in [1.54, 1.807) is 11.0 Å². The number of aromatic nitrogens is 4. The van der Waals surface area contributed by atoms with Crippen molar-refractivity contribution >= 4 is 11.6 Å². The molecule has 0 radical (unpaired) electrons. The van der Waals surface area contributed by atoms with Crippen molar-refractivity contribution in [1.82, 2.24) is 20.2 Å². The third-order valence-electron chi connectivity index (χ3n) is 5.16. The summed E-state index contributed by atoms with van der Waals surface area (Å²) in [4.78, 5) is 13.1. The lowest BCUT2D eigenvalue weighted by molar-refractivity contribution is -0.121. The van der Waals surface area contributed by atoms with Crippen LogP contribution < -0.4 is 5.32 Å². The van der Waals surface area contributed by atoms with Crippen molar-refractivity contribution in [3.8, 4) is 5.69 Å². The average molecular weight is 333 g/mol. The minimum absolute atomic E-state index is 0.0226. The van der Waals surface area contributed by atoms with E-state index < -0.39 is 5.41 Å². The highest BCUT2D eigenvalue weighted by Gasteiger charge is 2.40. The van der Waals surface area contributed by atoms with Crippen LogP contribution >= 0.6 is 0 Å². The summed E-state index contributed by atoms with van der Waals surface area (Å²) in [6.07, 6.45) is 3.30. The number of hydrogen-bond donors (Lipinski definition) is 1. The van der Waals surface area contributed by atoms with Crippen LogP contribution in [0, 0.1) is 6.92 Å². The Morgan fingerprint density at radius 3 is 2.84 bits per heavy atom. The van der Waals surface area contributed by atoms with Crippen LogP contribution in [0.3, 0.4) is 0 Å². The summed E-state index contributed by atoms with van der Waals surface area (Å²) >= 11 is 0. The molecule has 0 fully saturated rings. The number of aryl methyl sites for hydroxylation is 1. The van der Waals surface area contributed by atoms with Gasteiger partial charge in [-0.3, -0.25) is 4.79 Å². The zero-order chi connectivity index (χ0) is 17.4. The first-order valence-electron chi connectivity index (χ1n) is 8.32. The minimum Gasteiger partial charge on any atom is -0.325 e. The minimum atomic E-state index is -0.506. The van der Waals surface area contributed by atoms with Gasteiger partial charge in [0, 0.05) is 5.69 Å². The highest BCUT2D eigenvalue weighted by Crippen LogP contribution is 2.39. The zero-order valence-electron chi connectivity index (χ0n) is 14.2. The van der Waals surface area contributed by atoms with Crippen molar-refractivity contribution in [3.63, 3.8) is 0 Å². The SMILES string of the molecule is Cc1c(NC(=O)C2(C)CCc3ccccc32)cccc1-n1cnnn1. The van der Waals surface area contributed by atoms with Gasteiger partial charge in [0.1, 0.15) is 6.33 Å². The fraction of sp³-hybridized carbons (Fsp3) is 0.263. The van der Waals surface area contributed by atoms with E-state index in [9.17, 15) is 4.79 Å². The summed E-state index contributed by atoms with van der Waals surface area (Å²) in [6.45, 7) is 3.98. The Morgan fingerprint density at radius 2 is 2.04 bits per heavy atom. The molecular formula is C19H19N5O. The van der Waals surface area contributed by atoms with Gasteiger partial charge in [0.25, 0.3) is 0 Å². The van der Waals surface area contributed by atoms with Gasteiger partial charge in [-0.15, -0.1) is 5.10 Å². The molecule has 2 aromatic carbocycles. The summed E-state index contributed by atoms with van der Waals surface area (Å²) in [7, 11) is 0. The molecule has 0 aliphatic heterocycles. The molecule has 0 saturated heterocycles. The second-order valence-corrected chi connectivity index (χ2v) is 6.65. The molecule has 0 bridgehead atoms. The lowest BCUT2D eigenvalue weighted by Crippen LogP contribution is -2.35. The Kier molecular flexibility index (Phi) is 3.60. The molecular weight excluding hydrogens is 314 g/mol. The third kappa shape index (κ3) is 2.50. The van der Waals surface area contributed by atoms with Gasteiger partial charge in [0.05, 0.1) is 11.1 Å². The van der Waals surface area contributed by atoms with Crippen LogP contribution in [-0.2, 0) is 16.6 Å². The Bertz CT molecular complexity index is 935. The summed E-state index contributed by atoms with van der Waals surface area (Å²) in [5, 5.41) is 14.4. The van der Waals surface area contributed by atoms with Crippen LogP contribution in [0.4, 0.5) is 5.69 Å². The molecule has 0 spiro atoms. The maximum absolute atomic E-state index is 13.1.